The summed E-state index contributed by atoms with van der Waals surface area (Å²) in [6.07, 6.45) is 0. The van der Waals surface area contributed by atoms with Crippen molar-refractivity contribution in [1.29, 1.82) is 0 Å². The Bertz CT molecular complexity index is 567. The van der Waals surface area contributed by atoms with E-state index in [2.05, 4.69) is 17.2 Å². The third-order valence-corrected chi connectivity index (χ3v) is 4.83. The van der Waals surface area contributed by atoms with E-state index in [1.165, 1.54) is 6.07 Å². The monoisotopic (exact) mass is 296 g/mol. The summed E-state index contributed by atoms with van der Waals surface area (Å²) in [5.74, 6) is 0.729. The van der Waals surface area contributed by atoms with Gasteiger partial charge in [0.25, 0.3) is 0 Å². The lowest BCUT2D eigenvalue weighted by atomic mass is 10.2. The molecular formula is C14H17FN2S2. The van der Waals surface area contributed by atoms with E-state index in [9.17, 15) is 4.39 Å². The molecule has 102 valence electrons. The third kappa shape index (κ3) is 3.16. The van der Waals surface area contributed by atoms with Crippen LogP contribution in [-0.2, 0) is 6.54 Å². The van der Waals surface area contributed by atoms with Gasteiger partial charge < -0.3 is 5.32 Å². The number of nitrogens with one attached hydrogen (secondary N) is 1. The molecule has 0 aliphatic heterocycles. The lowest BCUT2D eigenvalue weighted by Crippen LogP contribution is -2.04. The van der Waals surface area contributed by atoms with E-state index in [-0.39, 0.29) is 5.82 Å². The Balaban J connectivity index is 2.48. The number of aryl methyl sites for hydroxylation is 1. The lowest BCUT2D eigenvalue weighted by Gasteiger charge is -2.06. The molecule has 2 aromatic rings. The van der Waals surface area contributed by atoms with Crippen LogP contribution in [0.2, 0.25) is 0 Å². The quantitative estimate of drug-likeness (QED) is 0.841. The minimum Gasteiger partial charge on any atom is -0.315 e. The molecular weight excluding hydrogens is 279 g/mol. The third-order valence-electron chi connectivity index (χ3n) is 2.72. The average Bonchev–Trinajstić information content (AvgIpc) is 2.72. The molecule has 0 unspecified atom stereocenters. The first kappa shape index (κ1) is 14.5. The molecule has 0 fully saturated rings. The van der Waals surface area contributed by atoms with E-state index in [1.807, 2.05) is 20.0 Å². The normalized spacial score (nSPS) is 10.9. The minimum absolute atomic E-state index is 0.191. The van der Waals surface area contributed by atoms with Crippen molar-refractivity contribution in [3.8, 4) is 10.6 Å². The van der Waals surface area contributed by atoms with Crippen molar-refractivity contribution < 1.29 is 4.39 Å². The zero-order valence-corrected chi connectivity index (χ0v) is 12.9. The van der Waals surface area contributed by atoms with Crippen LogP contribution in [0.4, 0.5) is 4.39 Å². The summed E-state index contributed by atoms with van der Waals surface area (Å²) in [5, 5.41) is 3.89. The number of hydrogen-bond acceptors (Lipinski definition) is 4. The second-order valence-corrected chi connectivity index (χ2v) is 6.49. The van der Waals surface area contributed by atoms with Gasteiger partial charge in [-0.2, -0.15) is 0 Å². The number of nitrogens with zero attached hydrogens (tertiary/aromatic N) is 1. The summed E-state index contributed by atoms with van der Waals surface area (Å²) < 4.78 is 14.1. The van der Waals surface area contributed by atoms with Gasteiger partial charge in [0.15, 0.2) is 0 Å². The summed E-state index contributed by atoms with van der Waals surface area (Å²) in [6, 6.07) is 5.22. The highest BCUT2D eigenvalue weighted by atomic mass is 32.2. The highest BCUT2D eigenvalue weighted by molar-refractivity contribution is 7.99. The maximum atomic E-state index is 14.1. The van der Waals surface area contributed by atoms with Crippen LogP contribution in [0, 0.1) is 12.7 Å². The Morgan fingerprint density at radius 1 is 1.42 bits per heavy atom. The number of halogens is 1. The van der Waals surface area contributed by atoms with Crippen LogP contribution in [0.3, 0.4) is 0 Å². The van der Waals surface area contributed by atoms with Gasteiger partial charge >= 0.3 is 0 Å². The van der Waals surface area contributed by atoms with Gasteiger partial charge in [0, 0.05) is 16.3 Å². The van der Waals surface area contributed by atoms with Crippen LogP contribution in [0.5, 0.6) is 0 Å². The molecule has 0 saturated carbocycles. The molecule has 0 bridgehead atoms. The van der Waals surface area contributed by atoms with Gasteiger partial charge in [-0.05, 0) is 31.9 Å². The first-order valence-corrected chi connectivity index (χ1v) is 8.00. The summed E-state index contributed by atoms with van der Waals surface area (Å²) in [7, 11) is 1.90. The van der Waals surface area contributed by atoms with Gasteiger partial charge in [0.05, 0.1) is 11.3 Å². The molecule has 19 heavy (non-hydrogen) atoms. The summed E-state index contributed by atoms with van der Waals surface area (Å²) in [5.41, 5.74) is 1.62. The van der Waals surface area contributed by atoms with Crippen LogP contribution in [-0.4, -0.2) is 17.8 Å². The van der Waals surface area contributed by atoms with Crippen molar-refractivity contribution in [1.82, 2.24) is 10.3 Å². The highest BCUT2D eigenvalue weighted by Crippen LogP contribution is 2.36. The summed E-state index contributed by atoms with van der Waals surface area (Å²) in [6.45, 7) is 4.81. The van der Waals surface area contributed by atoms with Gasteiger partial charge in [-0.15, -0.1) is 23.1 Å². The fourth-order valence-corrected chi connectivity index (χ4v) is 3.87. The second kappa shape index (κ2) is 6.50. The van der Waals surface area contributed by atoms with Gasteiger partial charge in [0.1, 0.15) is 10.8 Å². The standard InChI is InChI=1S/C14H17FN2S2/c1-4-18-11-7-5-6-10(15)13(11)14-17-9(2)12(19-14)8-16-3/h5-7,16H,4,8H2,1-3H3. The van der Waals surface area contributed by atoms with Crippen LogP contribution >= 0.6 is 23.1 Å². The molecule has 5 heteroatoms. The summed E-state index contributed by atoms with van der Waals surface area (Å²) >= 11 is 3.21. The fourth-order valence-electron chi connectivity index (χ4n) is 1.85. The van der Waals surface area contributed by atoms with E-state index >= 15 is 0 Å². The topological polar surface area (TPSA) is 24.9 Å². The van der Waals surface area contributed by atoms with Gasteiger partial charge in [-0.1, -0.05) is 13.0 Å². The predicted molar refractivity (Wildman–Crippen MR) is 81.4 cm³/mol. The maximum Gasteiger partial charge on any atom is 0.134 e. The van der Waals surface area contributed by atoms with Gasteiger partial charge in [-0.25, -0.2) is 9.37 Å². The van der Waals surface area contributed by atoms with E-state index in [0.717, 1.165) is 32.8 Å². The van der Waals surface area contributed by atoms with Crippen molar-refractivity contribution in [2.75, 3.05) is 12.8 Å². The lowest BCUT2D eigenvalue weighted by molar-refractivity contribution is 0.628. The predicted octanol–water partition coefficient (Wildman–Crippen LogP) is 4.09. The fraction of sp³-hybridized carbons (Fsp3) is 0.357. The van der Waals surface area contributed by atoms with Gasteiger partial charge in [0.2, 0.25) is 0 Å². The maximum absolute atomic E-state index is 14.1. The summed E-state index contributed by atoms with van der Waals surface area (Å²) in [4.78, 5) is 6.65. The van der Waals surface area contributed by atoms with Gasteiger partial charge in [-0.3, -0.25) is 0 Å². The zero-order chi connectivity index (χ0) is 13.8. The van der Waals surface area contributed by atoms with Crippen LogP contribution in [0.25, 0.3) is 10.6 Å². The average molecular weight is 296 g/mol. The largest absolute Gasteiger partial charge is 0.315 e. The molecule has 0 amide bonds. The first-order chi connectivity index (χ1) is 9.17. The Hall–Kier alpha value is -0.910. The number of hydrogen-bond donors (Lipinski definition) is 1. The Morgan fingerprint density at radius 3 is 2.89 bits per heavy atom. The van der Waals surface area contributed by atoms with Crippen molar-refractivity contribution in [2.24, 2.45) is 0 Å². The molecule has 2 rings (SSSR count). The van der Waals surface area contributed by atoms with E-state index < -0.39 is 0 Å². The minimum atomic E-state index is -0.191. The van der Waals surface area contributed by atoms with Crippen molar-refractivity contribution in [3.05, 3.63) is 34.6 Å². The molecule has 0 radical (unpaired) electrons. The van der Waals surface area contributed by atoms with E-state index in [1.54, 1.807) is 29.2 Å². The van der Waals surface area contributed by atoms with Crippen LogP contribution < -0.4 is 5.32 Å². The Labute approximate surface area is 121 Å². The van der Waals surface area contributed by atoms with E-state index in [4.69, 9.17) is 0 Å². The molecule has 0 spiro atoms. The highest BCUT2D eigenvalue weighted by Gasteiger charge is 2.16. The molecule has 0 aliphatic carbocycles. The molecule has 0 saturated heterocycles. The molecule has 1 aromatic heterocycles. The van der Waals surface area contributed by atoms with Crippen molar-refractivity contribution >= 4 is 23.1 Å². The number of thioether (sulfide) groups is 1. The number of thiazole rings is 1. The molecule has 0 atom stereocenters. The SMILES string of the molecule is CCSc1cccc(F)c1-c1nc(C)c(CNC)s1. The van der Waals surface area contributed by atoms with Crippen LogP contribution in [0.1, 0.15) is 17.5 Å². The molecule has 1 aromatic carbocycles. The number of benzene rings is 1. The molecule has 0 aliphatic rings. The molecule has 2 nitrogen and oxygen atoms in total. The Morgan fingerprint density at radius 2 is 2.21 bits per heavy atom. The Kier molecular flexibility index (Phi) is 4.96. The number of aromatic nitrogens is 1. The number of rotatable bonds is 5. The smallest absolute Gasteiger partial charge is 0.134 e. The first-order valence-electron chi connectivity index (χ1n) is 6.20. The van der Waals surface area contributed by atoms with Crippen molar-refractivity contribution in [2.45, 2.75) is 25.3 Å². The molecule has 1 heterocycles. The zero-order valence-electron chi connectivity index (χ0n) is 11.3. The van der Waals surface area contributed by atoms with E-state index in [0.29, 0.717) is 5.56 Å². The molecule has 1 N–H and O–H groups in total. The van der Waals surface area contributed by atoms with Crippen molar-refractivity contribution in [3.63, 3.8) is 0 Å². The second-order valence-electron chi connectivity index (χ2n) is 4.10. The van der Waals surface area contributed by atoms with Crippen LogP contribution in [0.15, 0.2) is 23.1 Å².